The van der Waals surface area contributed by atoms with E-state index in [4.69, 9.17) is 11.6 Å². The summed E-state index contributed by atoms with van der Waals surface area (Å²) in [6.07, 6.45) is 3.88. The van der Waals surface area contributed by atoms with E-state index in [-0.39, 0.29) is 0 Å². The molecule has 0 aliphatic rings. The lowest BCUT2D eigenvalue weighted by Crippen LogP contribution is -1.98. The van der Waals surface area contributed by atoms with Gasteiger partial charge in [-0.2, -0.15) is 5.26 Å². The molecule has 0 radical (unpaired) electrons. The molecule has 3 rings (SSSR count). The van der Waals surface area contributed by atoms with Gasteiger partial charge in [0.2, 0.25) is 0 Å². The van der Waals surface area contributed by atoms with Gasteiger partial charge in [-0.15, -0.1) is 0 Å². The van der Waals surface area contributed by atoms with Crippen molar-refractivity contribution in [2.75, 3.05) is 0 Å². The van der Waals surface area contributed by atoms with E-state index in [2.05, 4.69) is 42.7 Å². The van der Waals surface area contributed by atoms with E-state index < -0.39 is 0 Å². The van der Waals surface area contributed by atoms with Gasteiger partial charge in [0.25, 0.3) is 0 Å². The van der Waals surface area contributed by atoms with Crippen LogP contribution in [0.2, 0.25) is 5.02 Å². The van der Waals surface area contributed by atoms with E-state index in [1.54, 1.807) is 6.07 Å². The number of aryl methyl sites for hydroxylation is 2. The van der Waals surface area contributed by atoms with E-state index in [9.17, 15) is 5.26 Å². The Morgan fingerprint density at radius 2 is 1.88 bits per heavy atom. The number of hydrogen-bond acceptors (Lipinski definition) is 1. The van der Waals surface area contributed by atoms with E-state index in [0.717, 1.165) is 16.9 Å². The van der Waals surface area contributed by atoms with Crippen LogP contribution in [0, 0.1) is 25.2 Å². The standard InChI is InChI=1S/C21H17ClN2/c1-15-9-10-21(16(2)12-15)24-11-5-6-18(24)13-17(14-23)19-7-3-4-8-20(19)22/h3-13H,1-2H3. The zero-order chi connectivity index (χ0) is 17.1. The molecule has 0 saturated heterocycles. The number of nitriles is 1. The van der Waals surface area contributed by atoms with E-state index >= 15 is 0 Å². The van der Waals surface area contributed by atoms with Gasteiger partial charge >= 0.3 is 0 Å². The molecule has 0 bridgehead atoms. The van der Waals surface area contributed by atoms with Crippen molar-refractivity contribution >= 4 is 23.3 Å². The lowest BCUT2D eigenvalue weighted by atomic mass is 10.1. The molecular weight excluding hydrogens is 316 g/mol. The minimum Gasteiger partial charge on any atom is -0.317 e. The van der Waals surface area contributed by atoms with Gasteiger partial charge in [0.15, 0.2) is 0 Å². The monoisotopic (exact) mass is 332 g/mol. The van der Waals surface area contributed by atoms with Crippen molar-refractivity contribution < 1.29 is 0 Å². The Hall–Kier alpha value is -2.76. The normalized spacial score (nSPS) is 11.3. The smallest absolute Gasteiger partial charge is 0.0999 e. The third-order valence-electron chi connectivity index (χ3n) is 3.97. The third-order valence-corrected chi connectivity index (χ3v) is 4.30. The molecule has 0 aliphatic heterocycles. The van der Waals surface area contributed by atoms with Gasteiger partial charge in [0.1, 0.15) is 0 Å². The number of allylic oxidation sites excluding steroid dienone is 1. The lowest BCUT2D eigenvalue weighted by Gasteiger charge is -2.11. The number of benzene rings is 2. The summed E-state index contributed by atoms with van der Waals surface area (Å²) in [5.74, 6) is 0. The predicted octanol–water partition coefficient (Wildman–Crippen LogP) is 5.81. The molecule has 0 saturated carbocycles. The molecule has 0 atom stereocenters. The molecule has 0 amide bonds. The van der Waals surface area contributed by atoms with Crippen molar-refractivity contribution in [3.63, 3.8) is 0 Å². The molecule has 1 heterocycles. The van der Waals surface area contributed by atoms with Crippen molar-refractivity contribution in [2.45, 2.75) is 13.8 Å². The number of hydrogen-bond donors (Lipinski definition) is 0. The maximum absolute atomic E-state index is 9.57. The van der Waals surface area contributed by atoms with Crippen molar-refractivity contribution in [1.29, 1.82) is 5.26 Å². The maximum Gasteiger partial charge on any atom is 0.0999 e. The second-order valence-corrected chi connectivity index (χ2v) is 6.15. The van der Waals surface area contributed by atoms with Crippen molar-refractivity contribution in [3.8, 4) is 11.8 Å². The summed E-state index contributed by atoms with van der Waals surface area (Å²) in [5, 5.41) is 10.1. The van der Waals surface area contributed by atoms with Crippen LogP contribution in [0.25, 0.3) is 17.3 Å². The molecular formula is C21H17ClN2. The van der Waals surface area contributed by atoms with Crippen molar-refractivity contribution in [1.82, 2.24) is 4.57 Å². The Balaban J connectivity index is 2.10. The van der Waals surface area contributed by atoms with Gasteiger partial charge in [0.05, 0.1) is 11.6 Å². The minimum absolute atomic E-state index is 0.547. The van der Waals surface area contributed by atoms with Crippen LogP contribution < -0.4 is 0 Å². The van der Waals surface area contributed by atoms with Crippen LogP contribution in [0.15, 0.2) is 60.8 Å². The quantitative estimate of drug-likeness (QED) is 0.556. The summed E-state index contributed by atoms with van der Waals surface area (Å²) >= 11 is 6.24. The molecule has 1 aromatic heterocycles. The molecule has 0 aliphatic carbocycles. The Morgan fingerprint density at radius 3 is 2.58 bits per heavy atom. The highest BCUT2D eigenvalue weighted by Crippen LogP contribution is 2.26. The van der Waals surface area contributed by atoms with E-state index in [1.165, 1.54) is 11.1 Å². The van der Waals surface area contributed by atoms with Gasteiger partial charge < -0.3 is 4.57 Å². The average Bonchev–Trinajstić information content (AvgIpc) is 3.01. The highest BCUT2D eigenvalue weighted by Gasteiger charge is 2.09. The van der Waals surface area contributed by atoms with Gasteiger partial charge in [-0.1, -0.05) is 47.5 Å². The highest BCUT2D eigenvalue weighted by atomic mass is 35.5. The van der Waals surface area contributed by atoms with Gasteiger partial charge in [0, 0.05) is 28.2 Å². The van der Waals surface area contributed by atoms with Gasteiger partial charge in [-0.05, 0) is 49.8 Å². The maximum atomic E-state index is 9.57. The molecule has 24 heavy (non-hydrogen) atoms. The van der Waals surface area contributed by atoms with E-state index in [0.29, 0.717) is 10.6 Å². The summed E-state index contributed by atoms with van der Waals surface area (Å²) in [6.45, 7) is 4.17. The Kier molecular flexibility index (Phi) is 4.55. The summed E-state index contributed by atoms with van der Waals surface area (Å²) in [7, 11) is 0. The summed E-state index contributed by atoms with van der Waals surface area (Å²) in [4.78, 5) is 0. The Labute approximate surface area is 147 Å². The first kappa shape index (κ1) is 16.1. The zero-order valence-electron chi connectivity index (χ0n) is 13.6. The summed E-state index contributed by atoms with van der Waals surface area (Å²) < 4.78 is 2.09. The van der Waals surface area contributed by atoms with Crippen molar-refractivity contribution in [3.05, 3.63) is 88.2 Å². The average molecular weight is 333 g/mol. The SMILES string of the molecule is Cc1ccc(-n2cccc2C=C(C#N)c2ccccc2Cl)c(C)c1. The third kappa shape index (κ3) is 3.13. The highest BCUT2D eigenvalue weighted by molar-refractivity contribution is 6.32. The topological polar surface area (TPSA) is 28.7 Å². The fraction of sp³-hybridized carbons (Fsp3) is 0.0952. The summed E-state index contributed by atoms with van der Waals surface area (Å²) in [5.41, 5.74) is 5.76. The fourth-order valence-corrected chi connectivity index (χ4v) is 3.04. The molecule has 2 aromatic carbocycles. The van der Waals surface area contributed by atoms with Crippen LogP contribution in [0.3, 0.4) is 0 Å². The van der Waals surface area contributed by atoms with Gasteiger partial charge in [-0.3, -0.25) is 0 Å². The predicted molar refractivity (Wildman–Crippen MR) is 100 cm³/mol. The largest absolute Gasteiger partial charge is 0.317 e. The number of aromatic nitrogens is 1. The molecule has 0 fully saturated rings. The first-order valence-electron chi connectivity index (χ1n) is 7.72. The second kappa shape index (κ2) is 6.78. The Bertz CT molecular complexity index is 958. The number of halogens is 1. The molecule has 0 unspecified atom stereocenters. The summed E-state index contributed by atoms with van der Waals surface area (Å²) in [6, 6.07) is 20.0. The number of nitrogens with zero attached hydrogens (tertiary/aromatic N) is 2. The van der Waals surface area contributed by atoms with Crippen LogP contribution in [0.4, 0.5) is 0 Å². The van der Waals surface area contributed by atoms with Crippen LogP contribution in [0.5, 0.6) is 0 Å². The second-order valence-electron chi connectivity index (χ2n) is 5.74. The molecule has 118 valence electrons. The van der Waals surface area contributed by atoms with Crippen molar-refractivity contribution in [2.24, 2.45) is 0 Å². The molecule has 0 N–H and O–H groups in total. The van der Waals surface area contributed by atoms with Crippen LogP contribution in [-0.4, -0.2) is 4.57 Å². The molecule has 0 spiro atoms. The molecule has 3 heteroatoms. The van der Waals surface area contributed by atoms with Gasteiger partial charge in [-0.25, -0.2) is 0 Å². The van der Waals surface area contributed by atoms with Crippen LogP contribution in [0.1, 0.15) is 22.4 Å². The lowest BCUT2D eigenvalue weighted by molar-refractivity contribution is 1.04. The van der Waals surface area contributed by atoms with Crippen LogP contribution >= 0.6 is 11.6 Å². The zero-order valence-corrected chi connectivity index (χ0v) is 14.4. The number of rotatable bonds is 3. The Morgan fingerprint density at radius 1 is 1.08 bits per heavy atom. The molecule has 3 aromatic rings. The van der Waals surface area contributed by atoms with E-state index in [1.807, 2.05) is 42.6 Å². The van der Waals surface area contributed by atoms with Crippen LogP contribution in [-0.2, 0) is 0 Å². The fourth-order valence-electron chi connectivity index (χ4n) is 2.80. The first-order valence-corrected chi connectivity index (χ1v) is 8.09. The minimum atomic E-state index is 0.547. The first-order chi connectivity index (χ1) is 11.6. The molecule has 2 nitrogen and oxygen atoms in total.